The third-order valence-electron chi connectivity index (χ3n) is 5.93. The van der Waals surface area contributed by atoms with E-state index in [9.17, 15) is 14.3 Å². The number of carbonyl (C=O) groups excluding carboxylic acids is 1. The lowest BCUT2D eigenvalue weighted by Crippen LogP contribution is -2.47. The summed E-state index contributed by atoms with van der Waals surface area (Å²) >= 11 is 0. The Kier molecular flexibility index (Phi) is 5.47. The molecule has 154 valence electrons. The molecule has 4 rings (SSSR count). The lowest BCUT2D eigenvalue weighted by atomic mass is 9.84. The molecule has 29 heavy (non-hydrogen) atoms. The molecule has 7 nitrogen and oxygen atoms in total. The molecule has 0 aliphatic carbocycles. The van der Waals surface area contributed by atoms with Crippen molar-refractivity contribution in [3.63, 3.8) is 0 Å². The van der Waals surface area contributed by atoms with E-state index in [4.69, 9.17) is 0 Å². The van der Waals surface area contributed by atoms with Crippen LogP contribution in [0.2, 0.25) is 0 Å². The van der Waals surface area contributed by atoms with Crippen LogP contribution in [0.3, 0.4) is 0 Å². The van der Waals surface area contributed by atoms with Crippen molar-refractivity contribution in [3.8, 4) is 0 Å². The minimum atomic E-state index is -0.981. The molecule has 0 bridgehead atoms. The van der Waals surface area contributed by atoms with Gasteiger partial charge in [0.05, 0.1) is 18.0 Å². The first-order chi connectivity index (χ1) is 13.9. The third kappa shape index (κ3) is 4.23. The molecule has 0 unspecified atom stereocenters. The smallest absolute Gasteiger partial charge is 0.274 e. The molecule has 0 atom stereocenters. The molecule has 1 aromatic carbocycles. The van der Waals surface area contributed by atoms with Crippen molar-refractivity contribution in [1.82, 2.24) is 19.8 Å². The Labute approximate surface area is 169 Å². The van der Waals surface area contributed by atoms with Gasteiger partial charge in [0.1, 0.15) is 17.3 Å². The maximum Gasteiger partial charge on any atom is 0.274 e. The number of piperazine rings is 1. The molecule has 0 spiro atoms. The van der Waals surface area contributed by atoms with Crippen LogP contribution in [0.4, 0.5) is 10.2 Å². The lowest BCUT2D eigenvalue weighted by molar-refractivity contribution is 0.0116. The van der Waals surface area contributed by atoms with Crippen LogP contribution in [0.15, 0.2) is 36.7 Å². The van der Waals surface area contributed by atoms with Crippen molar-refractivity contribution in [2.75, 3.05) is 51.2 Å². The van der Waals surface area contributed by atoms with Gasteiger partial charge in [0.25, 0.3) is 5.91 Å². The van der Waals surface area contributed by atoms with E-state index in [1.165, 1.54) is 18.3 Å². The highest BCUT2D eigenvalue weighted by Gasteiger charge is 2.34. The second kappa shape index (κ2) is 8.04. The van der Waals surface area contributed by atoms with E-state index in [1.807, 2.05) is 16.8 Å². The topological polar surface area (TPSA) is 72.8 Å². The zero-order valence-corrected chi connectivity index (χ0v) is 16.6. The van der Waals surface area contributed by atoms with Gasteiger partial charge >= 0.3 is 0 Å². The molecular weight excluding hydrogens is 373 g/mol. The van der Waals surface area contributed by atoms with Gasteiger partial charge in [-0.15, -0.1) is 0 Å². The predicted molar refractivity (Wildman–Crippen MR) is 107 cm³/mol. The van der Waals surface area contributed by atoms with Gasteiger partial charge in [0.2, 0.25) is 0 Å². The molecule has 1 amide bonds. The van der Waals surface area contributed by atoms with Crippen LogP contribution in [0.5, 0.6) is 0 Å². The summed E-state index contributed by atoms with van der Waals surface area (Å²) in [4.78, 5) is 27.6. The molecule has 0 radical (unpaired) electrons. The van der Waals surface area contributed by atoms with Gasteiger partial charge in [-0.05, 0) is 37.6 Å². The van der Waals surface area contributed by atoms with Crippen molar-refractivity contribution >= 4 is 11.7 Å². The fourth-order valence-corrected chi connectivity index (χ4v) is 3.94. The van der Waals surface area contributed by atoms with Crippen LogP contribution in [-0.4, -0.2) is 77.1 Å². The Balaban J connectivity index is 1.43. The average Bonchev–Trinajstić information content (AvgIpc) is 2.75. The molecule has 2 fully saturated rings. The zero-order valence-electron chi connectivity index (χ0n) is 16.6. The summed E-state index contributed by atoms with van der Waals surface area (Å²) in [6.07, 6.45) is 4.17. The number of hydrogen-bond acceptors (Lipinski definition) is 6. The van der Waals surface area contributed by atoms with Crippen molar-refractivity contribution in [1.29, 1.82) is 0 Å². The highest BCUT2D eigenvalue weighted by atomic mass is 19.1. The van der Waals surface area contributed by atoms with Crippen molar-refractivity contribution in [3.05, 3.63) is 53.7 Å². The zero-order chi connectivity index (χ0) is 20.4. The number of hydrogen-bond donors (Lipinski definition) is 1. The van der Waals surface area contributed by atoms with Crippen LogP contribution in [-0.2, 0) is 5.60 Å². The quantitative estimate of drug-likeness (QED) is 0.843. The Bertz CT molecular complexity index is 860. The summed E-state index contributed by atoms with van der Waals surface area (Å²) in [5.41, 5.74) is 0.0975. The maximum atomic E-state index is 13.2. The van der Waals surface area contributed by atoms with Gasteiger partial charge in [-0.3, -0.25) is 9.78 Å². The summed E-state index contributed by atoms with van der Waals surface area (Å²) in [6.45, 7) is 4.24. The number of aliphatic hydroxyl groups is 1. The second-order valence-electron chi connectivity index (χ2n) is 7.88. The average molecular weight is 399 g/mol. The van der Waals surface area contributed by atoms with Crippen molar-refractivity contribution in [2.45, 2.75) is 18.4 Å². The molecule has 1 N–H and O–H groups in total. The summed E-state index contributed by atoms with van der Waals surface area (Å²) in [6, 6.07) is 6.03. The minimum absolute atomic E-state index is 0.0905. The van der Waals surface area contributed by atoms with E-state index in [0.29, 0.717) is 50.5 Å². The third-order valence-corrected chi connectivity index (χ3v) is 5.93. The number of benzene rings is 1. The summed E-state index contributed by atoms with van der Waals surface area (Å²) < 4.78 is 13.2. The number of likely N-dealkylation sites (N-methyl/N-ethyl adjacent to an activating group) is 1. The molecular formula is C21H26FN5O2. The van der Waals surface area contributed by atoms with Crippen LogP contribution < -0.4 is 4.90 Å². The van der Waals surface area contributed by atoms with Crippen molar-refractivity contribution in [2.24, 2.45) is 0 Å². The summed E-state index contributed by atoms with van der Waals surface area (Å²) in [5.74, 6) is 0.241. The molecule has 3 heterocycles. The van der Waals surface area contributed by atoms with Gasteiger partial charge in [-0.2, -0.15) is 0 Å². The number of carbonyl (C=O) groups is 1. The highest BCUT2D eigenvalue weighted by molar-refractivity contribution is 5.92. The standard InChI is InChI=1S/C21H26FN5O2/c1-25-10-12-27(13-11-25)20(28)18-14-23-15-19(24-18)26-8-6-21(29,7-9-26)16-2-4-17(22)5-3-16/h2-5,14-15,29H,6-13H2,1H3. The Morgan fingerprint density at radius 2 is 1.69 bits per heavy atom. The van der Waals surface area contributed by atoms with E-state index in [1.54, 1.807) is 18.3 Å². The number of piperidine rings is 1. The Morgan fingerprint density at radius 1 is 1.03 bits per heavy atom. The van der Waals surface area contributed by atoms with Gasteiger partial charge in [0, 0.05) is 39.3 Å². The maximum absolute atomic E-state index is 13.2. The number of anilines is 1. The summed E-state index contributed by atoms with van der Waals surface area (Å²) in [7, 11) is 2.05. The van der Waals surface area contributed by atoms with Gasteiger partial charge in [0.15, 0.2) is 0 Å². The van der Waals surface area contributed by atoms with Gasteiger partial charge in [-0.1, -0.05) is 12.1 Å². The fraction of sp³-hybridized carbons (Fsp3) is 0.476. The van der Waals surface area contributed by atoms with Gasteiger partial charge in [-0.25, -0.2) is 9.37 Å². The predicted octanol–water partition coefficient (Wildman–Crippen LogP) is 1.49. The fourth-order valence-electron chi connectivity index (χ4n) is 3.94. The molecule has 1 aromatic heterocycles. The van der Waals surface area contributed by atoms with Gasteiger partial charge < -0.3 is 19.8 Å². The first-order valence-corrected chi connectivity index (χ1v) is 9.98. The van der Waals surface area contributed by atoms with Crippen LogP contribution >= 0.6 is 0 Å². The van der Waals surface area contributed by atoms with E-state index in [-0.39, 0.29) is 11.7 Å². The summed E-state index contributed by atoms with van der Waals surface area (Å²) in [5, 5.41) is 11.0. The molecule has 2 saturated heterocycles. The lowest BCUT2D eigenvalue weighted by Gasteiger charge is -2.39. The number of nitrogens with zero attached hydrogens (tertiary/aromatic N) is 5. The number of halogens is 1. The highest BCUT2D eigenvalue weighted by Crippen LogP contribution is 2.34. The molecule has 8 heteroatoms. The largest absolute Gasteiger partial charge is 0.385 e. The molecule has 0 saturated carbocycles. The Morgan fingerprint density at radius 3 is 2.34 bits per heavy atom. The number of aromatic nitrogens is 2. The number of rotatable bonds is 3. The van der Waals surface area contributed by atoms with E-state index < -0.39 is 5.60 Å². The monoisotopic (exact) mass is 399 g/mol. The van der Waals surface area contributed by atoms with Crippen LogP contribution in [0, 0.1) is 5.82 Å². The molecule has 2 aromatic rings. The number of amides is 1. The second-order valence-corrected chi connectivity index (χ2v) is 7.88. The Hall–Kier alpha value is -2.58. The SMILES string of the molecule is CN1CCN(C(=O)c2cncc(N3CCC(O)(c4ccc(F)cc4)CC3)n2)CC1. The van der Waals surface area contributed by atoms with Crippen LogP contribution in [0.25, 0.3) is 0 Å². The van der Waals surface area contributed by atoms with Crippen molar-refractivity contribution < 1.29 is 14.3 Å². The minimum Gasteiger partial charge on any atom is -0.385 e. The molecule has 2 aliphatic rings. The van der Waals surface area contributed by atoms with E-state index in [2.05, 4.69) is 14.9 Å². The van der Waals surface area contributed by atoms with Crippen LogP contribution in [0.1, 0.15) is 28.9 Å². The first-order valence-electron chi connectivity index (χ1n) is 9.98. The van der Waals surface area contributed by atoms with E-state index >= 15 is 0 Å². The van der Waals surface area contributed by atoms with E-state index in [0.717, 1.165) is 18.7 Å². The normalized spacial score (nSPS) is 20.0. The first kappa shape index (κ1) is 19.7. The molecule has 2 aliphatic heterocycles.